The van der Waals surface area contributed by atoms with Gasteiger partial charge in [0.05, 0.1) is 17.6 Å². The third-order valence-electron chi connectivity index (χ3n) is 2.80. The fourth-order valence-corrected chi connectivity index (χ4v) is 2.68. The minimum absolute atomic E-state index is 0.104. The van der Waals surface area contributed by atoms with Crippen molar-refractivity contribution in [1.82, 2.24) is 15.0 Å². The molecule has 1 amide bonds. The van der Waals surface area contributed by atoms with E-state index in [0.717, 1.165) is 21.3 Å². The minimum atomic E-state index is -0.161. The third-order valence-corrected chi connectivity index (χ3v) is 3.42. The van der Waals surface area contributed by atoms with Gasteiger partial charge in [0.25, 0.3) is 0 Å². The van der Waals surface area contributed by atoms with Crippen molar-refractivity contribution in [2.75, 3.05) is 5.32 Å². The van der Waals surface area contributed by atoms with Crippen LogP contribution in [0.15, 0.2) is 22.8 Å². The highest BCUT2D eigenvalue weighted by Crippen LogP contribution is 2.27. The average molecular weight is 338 g/mol. The maximum atomic E-state index is 12.0. The Hall–Kier alpha value is -1.73. The van der Waals surface area contributed by atoms with Crippen LogP contribution in [-0.4, -0.2) is 20.9 Å². The number of nitrogens with zero attached hydrogens (tertiary/aromatic N) is 3. The normalized spacial score (nSPS) is 10.6. The molecule has 0 unspecified atom stereocenters. The number of amides is 1. The Labute approximate surface area is 125 Å². The van der Waals surface area contributed by atoms with E-state index in [0.29, 0.717) is 12.2 Å². The number of hydrogen-bond acceptors (Lipinski definition) is 4. The van der Waals surface area contributed by atoms with Gasteiger partial charge in [0.15, 0.2) is 0 Å². The Morgan fingerprint density at radius 3 is 2.80 bits per heavy atom. The van der Waals surface area contributed by atoms with Crippen LogP contribution >= 0.6 is 15.9 Å². The Morgan fingerprint density at radius 1 is 1.45 bits per heavy atom. The number of anilines is 1. The van der Waals surface area contributed by atoms with E-state index < -0.39 is 0 Å². The van der Waals surface area contributed by atoms with Crippen LogP contribution < -0.4 is 11.1 Å². The zero-order chi connectivity index (χ0) is 14.7. The second-order valence-corrected chi connectivity index (χ2v) is 5.45. The van der Waals surface area contributed by atoms with Crippen LogP contribution in [0.4, 0.5) is 5.69 Å². The lowest BCUT2D eigenvalue weighted by Gasteiger charge is -2.11. The molecule has 1 heterocycles. The summed E-state index contributed by atoms with van der Waals surface area (Å²) in [5.41, 5.74) is 9.03. The van der Waals surface area contributed by atoms with Gasteiger partial charge in [-0.2, -0.15) is 0 Å². The van der Waals surface area contributed by atoms with Crippen LogP contribution in [-0.2, 0) is 17.9 Å². The van der Waals surface area contributed by atoms with Gasteiger partial charge in [-0.3, -0.25) is 4.79 Å². The molecule has 7 heteroatoms. The summed E-state index contributed by atoms with van der Waals surface area (Å²) in [7, 11) is 0. The van der Waals surface area contributed by atoms with Crippen molar-refractivity contribution in [1.29, 1.82) is 0 Å². The fourth-order valence-electron chi connectivity index (χ4n) is 1.91. The highest BCUT2D eigenvalue weighted by Gasteiger charge is 2.10. The lowest BCUT2D eigenvalue weighted by molar-refractivity contribution is -0.116. The lowest BCUT2D eigenvalue weighted by atomic mass is 10.1. The second-order valence-electron chi connectivity index (χ2n) is 4.60. The first kappa shape index (κ1) is 14.7. The number of halogens is 1. The molecule has 20 heavy (non-hydrogen) atoms. The first-order valence-electron chi connectivity index (χ1n) is 6.15. The molecule has 2 aromatic rings. The van der Waals surface area contributed by atoms with E-state index in [1.165, 1.54) is 4.68 Å². The molecule has 0 saturated carbocycles. The molecule has 0 atom stereocenters. The number of hydrogen-bond donors (Lipinski definition) is 2. The Morgan fingerprint density at radius 2 is 2.20 bits per heavy atom. The van der Waals surface area contributed by atoms with Crippen LogP contribution in [0, 0.1) is 13.8 Å². The summed E-state index contributed by atoms with van der Waals surface area (Å²) in [6, 6.07) is 3.98. The van der Waals surface area contributed by atoms with Gasteiger partial charge in [0, 0.05) is 11.0 Å². The Kier molecular flexibility index (Phi) is 4.51. The van der Waals surface area contributed by atoms with Gasteiger partial charge in [-0.1, -0.05) is 11.3 Å². The zero-order valence-electron chi connectivity index (χ0n) is 11.4. The second kappa shape index (κ2) is 6.15. The van der Waals surface area contributed by atoms with Gasteiger partial charge in [-0.15, -0.1) is 5.10 Å². The van der Waals surface area contributed by atoms with Gasteiger partial charge < -0.3 is 11.1 Å². The van der Waals surface area contributed by atoms with Crippen LogP contribution in [0.3, 0.4) is 0 Å². The fraction of sp³-hybridized carbons (Fsp3) is 0.308. The molecule has 0 spiro atoms. The highest BCUT2D eigenvalue weighted by atomic mass is 79.9. The molecule has 0 aliphatic carbocycles. The molecule has 1 aromatic carbocycles. The maximum Gasteiger partial charge on any atom is 0.246 e. The van der Waals surface area contributed by atoms with Crippen molar-refractivity contribution in [3.8, 4) is 0 Å². The Balaban J connectivity index is 2.08. The predicted octanol–water partition coefficient (Wildman–Crippen LogP) is 1.75. The summed E-state index contributed by atoms with van der Waals surface area (Å²) in [5, 5.41) is 10.6. The summed E-state index contributed by atoms with van der Waals surface area (Å²) >= 11 is 3.46. The van der Waals surface area contributed by atoms with Crippen molar-refractivity contribution >= 4 is 27.5 Å². The maximum absolute atomic E-state index is 12.0. The molecule has 0 radical (unpaired) electrons. The topological polar surface area (TPSA) is 85.8 Å². The van der Waals surface area contributed by atoms with Crippen molar-refractivity contribution < 1.29 is 4.79 Å². The molecule has 0 aliphatic rings. The number of benzene rings is 1. The van der Waals surface area contributed by atoms with Crippen molar-refractivity contribution in [2.45, 2.75) is 26.9 Å². The van der Waals surface area contributed by atoms with E-state index >= 15 is 0 Å². The average Bonchev–Trinajstić information content (AvgIpc) is 2.81. The van der Waals surface area contributed by atoms with Gasteiger partial charge in [-0.25, -0.2) is 4.68 Å². The quantitative estimate of drug-likeness (QED) is 0.889. The zero-order valence-corrected chi connectivity index (χ0v) is 12.9. The summed E-state index contributed by atoms with van der Waals surface area (Å²) in [5.74, 6) is -0.161. The van der Waals surface area contributed by atoms with E-state index in [2.05, 4.69) is 31.6 Å². The first-order chi connectivity index (χ1) is 9.49. The van der Waals surface area contributed by atoms with Crippen molar-refractivity contribution in [3.63, 3.8) is 0 Å². The summed E-state index contributed by atoms with van der Waals surface area (Å²) < 4.78 is 2.33. The van der Waals surface area contributed by atoms with Gasteiger partial charge in [0.1, 0.15) is 6.54 Å². The van der Waals surface area contributed by atoms with E-state index in [-0.39, 0.29) is 12.5 Å². The Bertz CT molecular complexity index is 614. The van der Waals surface area contributed by atoms with E-state index in [1.54, 1.807) is 6.20 Å². The molecular weight excluding hydrogens is 322 g/mol. The largest absolute Gasteiger partial charge is 0.325 e. The lowest BCUT2D eigenvalue weighted by Crippen LogP contribution is -2.20. The van der Waals surface area contributed by atoms with Gasteiger partial charge >= 0.3 is 0 Å². The molecule has 0 saturated heterocycles. The smallest absolute Gasteiger partial charge is 0.246 e. The third kappa shape index (κ3) is 3.43. The molecular formula is C13H16BrN5O. The highest BCUT2D eigenvalue weighted by molar-refractivity contribution is 9.10. The minimum Gasteiger partial charge on any atom is -0.325 e. The number of nitrogens with one attached hydrogen (secondary N) is 1. The van der Waals surface area contributed by atoms with Crippen molar-refractivity contribution in [2.24, 2.45) is 5.73 Å². The van der Waals surface area contributed by atoms with Crippen LogP contribution in [0.5, 0.6) is 0 Å². The summed E-state index contributed by atoms with van der Waals surface area (Å²) in [4.78, 5) is 12.0. The summed E-state index contributed by atoms with van der Waals surface area (Å²) in [6.45, 7) is 4.37. The number of nitrogens with two attached hydrogens (primary N) is 1. The molecule has 0 aliphatic heterocycles. The van der Waals surface area contributed by atoms with Gasteiger partial charge in [0.2, 0.25) is 5.91 Å². The van der Waals surface area contributed by atoms with Crippen LogP contribution in [0.1, 0.15) is 16.8 Å². The molecule has 6 nitrogen and oxygen atoms in total. The van der Waals surface area contributed by atoms with Crippen LogP contribution in [0.25, 0.3) is 0 Å². The number of rotatable bonds is 4. The monoisotopic (exact) mass is 337 g/mol. The predicted molar refractivity (Wildman–Crippen MR) is 80.2 cm³/mol. The molecule has 1 aromatic heterocycles. The number of carbonyl (C=O) groups is 1. The number of carbonyl (C=O) groups excluding carboxylic acids is 1. The van der Waals surface area contributed by atoms with E-state index in [1.807, 2.05) is 26.0 Å². The molecule has 106 valence electrons. The van der Waals surface area contributed by atoms with E-state index in [4.69, 9.17) is 5.73 Å². The van der Waals surface area contributed by atoms with Crippen molar-refractivity contribution in [3.05, 3.63) is 39.6 Å². The van der Waals surface area contributed by atoms with Crippen LogP contribution in [0.2, 0.25) is 0 Å². The SMILES string of the molecule is Cc1cc(C)c(NC(=O)Cn2cc(CN)nn2)c(Br)c1. The molecule has 2 rings (SSSR count). The first-order valence-corrected chi connectivity index (χ1v) is 6.94. The standard InChI is InChI=1S/C13H16BrN5O/c1-8-3-9(2)13(11(14)4-8)16-12(20)7-19-6-10(5-15)17-18-19/h3-4,6H,5,7,15H2,1-2H3,(H,16,20). The van der Waals surface area contributed by atoms with E-state index in [9.17, 15) is 4.79 Å². The number of aryl methyl sites for hydroxylation is 2. The molecule has 0 bridgehead atoms. The summed E-state index contributed by atoms with van der Waals surface area (Å²) in [6.07, 6.45) is 1.66. The van der Waals surface area contributed by atoms with Gasteiger partial charge in [-0.05, 0) is 47.0 Å². The molecule has 0 fully saturated rings. The molecule has 3 N–H and O–H groups in total. The number of aromatic nitrogens is 3.